The molecule has 1 aliphatic heterocycles. The fourth-order valence-electron chi connectivity index (χ4n) is 4.16. The highest BCUT2D eigenvalue weighted by Crippen LogP contribution is 2.35. The van der Waals surface area contributed by atoms with Crippen LogP contribution >= 0.6 is 0 Å². The molecule has 3 heterocycles. The summed E-state index contributed by atoms with van der Waals surface area (Å²) in [5, 5.41) is 3.67. The van der Waals surface area contributed by atoms with Gasteiger partial charge in [0.05, 0.1) is 6.33 Å². The van der Waals surface area contributed by atoms with E-state index in [4.69, 9.17) is 9.47 Å². The van der Waals surface area contributed by atoms with E-state index in [0.717, 1.165) is 29.4 Å². The fourth-order valence-corrected chi connectivity index (χ4v) is 4.16. The SMILES string of the molecule is Cc1cc(CN[C@@H](C)c2ccc(-n3ccnc3)cc2)c(C)n1-c1ccc2c(c1)OCO2. The lowest BCUT2D eigenvalue weighted by molar-refractivity contribution is 0.174. The van der Waals surface area contributed by atoms with Crippen LogP contribution in [-0.2, 0) is 6.54 Å². The van der Waals surface area contributed by atoms with E-state index in [1.165, 1.54) is 22.5 Å². The van der Waals surface area contributed by atoms with Crippen LogP contribution in [0, 0.1) is 13.8 Å². The van der Waals surface area contributed by atoms with Crippen LogP contribution in [0.3, 0.4) is 0 Å². The van der Waals surface area contributed by atoms with Gasteiger partial charge in [-0.25, -0.2) is 4.98 Å². The number of hydrogen-bond acceptors (Lipinski definition) is 4. The first-order valence-corrected chi connectivity index (χ1v) is 10.5. The molecule has 0 saturated heterocycles. The van der Waals surface area contributed by atoms with Gasteiger partial charge in [0.25, 0.3) is 0 Å². The molecule has 31 heavy (non-hydrogen) atoms. The van der Waals surface area contributed by atoms with Crippen LogP contribution in [-0.4, -0.2) is 20.9 Å². The fraction of sp³-hybridized carbons (Fsp3) is 0.240. The van der Waals surface area contributed by atoms with Crippen molar-refractivity contribution in [2.45, 2.75) is 33.4 Å². The molecule has 5 rings (SSSR count). The molecule has 2 aromatic carbocycles. The molecule has 1 aliphatic rings. The zero-order valence-electron chi connectivity index (χ0n) is 18.0. The van der Waals surface area contributed by atoms with E-state index < -0.39 is 0 Å². The number of hydrogen-bond donors (Lipinski definition) is 1. The molecule has 4 aromatic rings. The zero-order valence-corrected chi connectivity index (χ0v) is 18.0. The molecule has 0 fully saturated rings. The number of fused-ring (bicyclic) bond motifs is 1. The number of benzene rings is 2. The molecule has 0 unspecified atom stereocenters. The van der Waals surface area contributed by atoms with Crippen molar-refractivity contribution in [2.24, 2.45) is 0 Å². The number of rotatable bonds is 6. The van der Waals surface area contributed by atoms with Crippen LogP contribution in [0.25, 0.3) is 11.4 Å². The Kier molecular flexibility index (Phi) is 5.00. The second-order valence-electron chi connectivity index (χ2n) is 7.93. The standard InChI is InChI=1S/C25H26N4O2/c1-17-12-21(19(3)29(17)23-8-9-24-25(13-23)31-16-30-24)14-27-18(2)20-4-6-22(7-5-20)28-11-10-26-15-28/h4-13,15,18,27H,14,16H2,1-3H3/t18-/m0/s1. The molecule has 1 N–H and O–H groups in total. The quantitative estimate of drug-likeness (QED) is 0.490. The summed E-state index contributed by atoms with van der Waals surface area (Å²) in [6, 6.07) is 17.2. The van der Waals surface area contributed by atoms with Gasteiger partial charge in [-0.05, 0) is 62.2 Å². The highest BCUT2D eigenvalue weighted by atomic mass is 16.7. The number of nitrogens with zero attached hydrogens (tertiary/aromatic N) is 3. The van der Waals surface area contributed by atoms with Gasteiger partial charge in [0.1, 0.15) is 0 Å². The molecule has 158 valence electrons. The molecule has 0 spiro atoms. The first kappa shape index (κ1) is 19.5. The summed E-state index contributed by atoms with van der Waals surface area (Å²) in [5.41, 5.74) is 7.18. The number of nitrogens with one attached hydrogen (secondary N) is 1. The predicted molar refractivity (Wildman–Crippen MR) is 120 cm³/mol. The lowest BCUT2D eigenvalue weighted by atomic mass is 10.1. The lowest BCUT2D eigenvalue weighted by Crippen LogP contribution is -2.18. The number of aromatic nitrogens is 3. The van der Waals surface area contributed by atoms with Gasteiger partial charge in [0.2, 0.25) is 6.79 Å². The largest absolute Gasteiger partial charge is 0.454 e. The minimum atomic E-state index is 0.241. The van der Waals surface area contributed by atoms with E-state index >= 15 is 0 Å². The summed E-state index contributed by atoms with van der Waals surface area (Å²) in [4.78, 5) is 4.11. The van der Waals surface area contributed by atoms with E-state index in [1.807, 2.05) is 29.2 Å². The predicted octanol–water partition coefficient (Wildman–Crippen LogP) is 4.86. The van der Waals surface area contributed by atoms with Gasteiger partial charge in [0.15, 0.2) is 11.5 Å². The third-order valence-corrected chi connectivity index (χ3v) is 5.94. The van der Waals surface area contributed by atoms with Crippen LogP contribution in [0.2, 0.25) is 0 Å². The summed E-state index contributed by atoms with van der Waals surface area (Å²) in [6.07, 6.45) is 5.55. The van der Waals surface area contributed by atoms with Crippen LogP contribution in [0.5, 0.6) is 11.5 Å². The first-order valence-electron chi connectivity index (χ1n) is 10.5. The highest BCUT2D eigenvalue weighted by Gasteiger charge is 2.17. The normalized spacial score (nSPS) is 13.5. The maximum absolute atomic E-state index is 5.55. The number of ether oxygens (including phenoxy) is 2. The Bertz CT molecular complexity index is 1190. The van der Waals surface area contributed by atoms with E-state index in [2.05, 4.69) is 72.0 Å². The Hall–Kier alpha value is -3.51. The summed E-state index contributed by atoms with van der Waals surface area (Å²) < 4.78 is 15.3. The molecule has 0 bridgehead atoms. The zero-order chi connectivity index (χ0) is 21.4. The third-order valence-electron chi connectivity index (χ3n) is 5.94. The van der Waals surface area contributed by atoms with Crippen LogP contribution in [0.1, 0.15) is 35.5 Å². The molecular formula is C25H26N4O2. The van der Waals surface area contributed by atoms with Gasteiger partial charge in [-0.15, -0.1) is 0 Å². The van der Waals surface area contributed by atoms with Crippen LogP contribution < -0.4 is 14.8 Å². The Morgan fingerprint density at radius 3 is 2.55 bits per heavy atom. The van der Waals surface area contributed by atoms with Crippen LogP contribution in [0.4, 0.5) is 0 Å². The van der Waals surface area contributed by atoms with E-state index in [0.29, 0.717) is 6.79 Å². The van der Waals surface area contributed by atoms with Gasteiger partial charge < -0.3 is 23.9 Å². The van der Waals surface area contributed by atoms with Gasteiger partial charge in [-0.2, -0.15) is 0 Å². The maximum atomic E-state index is 5.55. The van der Waals surface area contributed by atoms with Gasteiger partial charge in [-0.1, -0.05) is 12.1 Å². The molecule has 0 radical (unpaired) electrons. The van der Waals surface area contributed by atoms with Gasteiger partial charge in [-0.3, -0.25) is 0 Å². The van der Waals surface area contributed by atoms with Crippen molar-refractivity contribution in [1.29, 1.82) is 0 Å². The average Bonchev–Trinajstić information content (AvgIpc) is 3.52. The van der Waals surface area contributed by atoms with Gasteiger partial charge >= 0.3 is 0 Å². The molecule has 6 nitrogen and oxygen atoms in total. The molecule has 0 amide bonds. The summed E-state index contributed by atoms with van der Waals surface area (Å²) in [7, 11) is 0. The van der Waals surface area contributed by atoms with Crippen molar-refractivity contribution >= 4 is 0 Å². The summed E-state index contributed by atoms with van der Waals surface area (Å²) in [6.45, 7) is 7.59. The Morgan fingerprint density at radius 1 is 1.00 bits per heavy atom. The van der Waals surface area contributed by atoms with Crippen molar-refractivity contribution in [3.8, 4) is 22.9 Å². The molecule has 0 saturated carbocycles. The van der Waals surface area contributed by atoms with Gasteiger partial charge in [0, 0.05) is 53.8 Å². The average molecular weight is 415 g/mol. The van der Waals surface area contributed by atoms with Crippen molar-refractivity contribution < 1.29 is 9.47 Å². The van der Waals surface area contributed by atoms with E-state index in [9.17, 15) is 0 Å². The maximum Gasteiger partial charge on any atom is 0.231 e. The van der Waals surface area contributed by atoms with Crippen molar-refractivity contribution in [3.63, 3.8) is 0 Å². The Balaban J connectivity index is 1.30. The number of imidazole rings is 1. The second-order valence-corrected chi connectivity index (χ2v) is 7.93. The van der Waals surface area contributed by atoms with Crippen molar-refractivity contribution in [2.75, 3.05) is 6.79 Å². The minimum Gasteiger partial charge on any atom is -0.454 e. The lowest BCUT2D eigenvalue weighted by Gasteiger charge is -2.15. The van der Waals surface area contributed by atoms with E-state index in [1.54, 1.807) is 6.20 Å². The molecule has 6 heteroatoms. The summed E-state index contributed by atoms with van der Waals surface area (Å²) in [5.74, 6) is 1.61. The smallest absolute Gasteiger partial charge is 0.231 e. The molecule has 0 aliphatic carbocycles. The number of aryl methyl sites for hydroxylation is 1. The molecule has 2 aromatic heterocycles. The molecule has 1 atom stereocenters. The Labute approximate surface area is 182 Å². The summed E-state index contributed by atoms with van der Waals surface area (Å²) >= 11 is 0. The highest BCUT2D eigenvalue weighted by molar-refractivity contribution is 5.52. The second kappa shape index (κ2) is 7.96. The van der Waals surface area contributed by atoms with E-state index in [-0.39, 0.29) is 6.04 Å². The third kappa shape index (κ3) is 3.70. The topological polar surface area (TPSA) is 53.2 Å². The van der Waals surface area contributed by atoms with Crippen molar-refractivity contribution in [1.82, 2.24) is 19.4 Å². The first-order chi connectivity index (χ1) is 15.1. The monoisotopic (exact) mass is 414 g/mol. The van der Waals surface area contributed by atoms with Crippen molar-refractivity contribution in [3.05, 3.63) is 89.8 Å². The molecular weight excluding hydrogens is 388 g/mol. The minimum absolute atomic E-state index is 0.241. The Morgan fingerprint density at radius 2 is 1.77 bits per heavy atom. The van der Waals surface area contributed by atoms with Crippen LogP contribution in [0.15, 0.2) is 67.3 Å².